The van der Waals surface area contributed by atoms with E-state index in [2.05, 4.69) is 64.1 Å². The van der Waals surface area contributed by atoms with E-state index in [1.165, 1.54) is 11.1 Å². The predicted molar refractivity (Wildman–Crippen MR) is 121 cm³/mol. The molecule has 0 unspecified atom stereocenters. The molecule has 5 atom stereocenters. The summed E-state index contributed by atoms with van der Waals surface area (Å²) in [5.41, 5.74) is 2.41. The Morgan fingerprint density at radius 2 is 1.86 bits per heavy atom. The largest absolute Gasteiger partial charge is 0.481 e. The van der Waals surface area contributed by atoms with Gasteiger partial charge in [-0.25, -0.2) is 0 Å². The van der Waals surface area contributed by atoms with Crippen LogP contribution in [0.3, 0.4) is 0 Å². The molecule has 1 N–H and O–H groups in total. The van der Waals surface area contributed by atoms with Gasteiger partial charge in [-0.2, -0.15) is 0 Å². The average Bonchev–Trinajstić information content (AvgIpc) is 3.06. The third-order valence-corrected chi connectivity index (χ3v) is 7.43. The summed E-state index contributed by atoms with van der Waals surface area (Å²) in [6.07, 6.45) is 14.5. The smallest absolute Gasteiger partial charge is 0.311 e. The molecule has 0 spiro atoms. The number of carboxylic acid groups (broad SMARTS) is 1. The maximum Gasteiger partial charge on any atom is 0.311 e. The minimum Gasteiger partial charge on any atom is -0.481 e. The van der Waals surface area contributed by atoms with Gasteiger partial charge in [0.2, 0.25) is 0 Å². The van der Waals surface area contributed by atoms with Gasteiger partial charge in [0.25, 0.3) is 0 Å². The van der Waals surface area contributed by atoms with Gasteiger partial charge in [0.1, 0.15) is 0 Å². The fourth-order valence-corrected chi connectivity index (χ4v) is 5.86. The van der Waals surface area contributed by atoms with Crippen molar-refractivity contribution in [3.63, 3.8) is 0 Å². The third kappa shape index (κ3) is 3.43. The molecule has 29 heavy (non-hydrogen) atoms. The number of carbonyl (C=O) groups is 1. The van der Waals surface area contributed by atoms with Crippen molar-refractivity contribution >= 4 is 12.0 Å². The zero-order chi connectivity index (χ0) is 21.2. The SMILES string of the molecule is CCC1=C[C@@H](C)[C@@H]2C(C)=C[C@@](/C=C/C=C/c3ccccc3)(CC)[C@](C)(C(=O)O)[C@@H]12. The Balaban J connectivity index is 2.07. The summed E-state index contributed by atoms with van der Waals surface area (Å²) in [5.74, 6) is 0.0385. The summed E-state index contributed by atoms with van der Waals surface area (Å²) in [6.45, 7) is 10.7. The van der Waals surface area contributed by atoms with E-state index in [1.807, 2.05) is 37.3 Å². The number of hydrogen-bond acceptors (Lipinski definition) is 1. The van der Waals surface area contributed by atoms with Crippen LogP contribution < -0.4 is 0 Å². The van der Waals surface area contributed by atoms with E-state index >= 15 is 0 Å². The Labute approximate surface area is 175 Å². The van der Waals surface area contributed by atoms with Crippen LogP contribution in [0, 0.1) is 28.6 Å². The lowest BCUT2D eigenvalue weighted by atomic mass is 9.49. The zero-order valence-electron chi connectivity index (χ0n) is 18.4. The Morgan fingerprint density at radius 1 is 1.17 bits per heavy atom. The number of fused-ring (bicyclic) bond motifs is 1. The number of carboxylic acids is 1. The van der Waals surface area contributed by atoms with Crippen LogP contribution in [-0.4, -0.2) is 11.1 Å². The topological polar surface area (TPSA) is 37.3 Å². The van der Waals surface area contributed by atoms with Gasteiger partial charge in [-0.1, -0.05) is 98.7 Å². The van der Waals surface area contributed by atoms with Crippen LogP contribution in [0.2, 0.25) is 0 Å². The first-order valence-electron chi connectivity index (χ1n) is 10.8. The molecule has 154 valence electrons. The van der Waals surface area contributed by atoms with Crippen LogP contribution in [0.1, 0.15) is 53.0 Å². The number of allylic oxidation sites excluding steroid dienone is 7. The Kier molecular flexibility index (Phi) is 6.03. The van der Waals surface area contributed by atoms with Crippen LogP contribution in [0.25, 0.3) is 6.08 Å². The molecule has 0 radical (unpaired) electrons. The number of hydrogen-bond donors (Lipinski definition) is 1. The molecule has 0 bridgehead atoms. The second-order valence-electron chi connectivity index (χ2n) is 8.88. The van der Waals surface area contributed by atoms with E-state index in [0.29, 0.717) is 11.8 Å². The minimum atomic E-state index is -0.865. The van der Waals surface area contributed by atoms with Crippen molar-refractivity contribution in [2.45, 2.75) is 47.5 Å². The monoisotopic (exact) mass is 390 g/mol. The molecular weight excluding hydrogens is 356 g/mol. The molecule has 0 aliphatic heterocycles. The molecule has 0 saturated carbocycles. The van der Waals surface area contributed by atoms with Crippen LogP contribution >= 0.6 is 0 Å². The Morgan fingerprint density at radius 3 is 2.45 bits per heavy atom. The van der Waals surface area contributed by atoms with Crippen LogP contribution in [0.5, 0.6) is 0 Å². The molecule has 2 aliphatic carbocycles. The molecule has 0 aromatic heterocycles. The Bertz CT molecular complexity index is 873. The van der Waals surface area contributed by atoms with Gasteiger partial charge in [0.05, 0.1) is 5.41 Å². The molecule has 2 heteroatoms. The number of aliphatic carboxylic acids is 1. The number of benzene rings is 1. The van der Waals surface area contributed by atoms with Crippen molar-refractivity contribution in [1.29, 1.82) is 0 Å². The Hall–Kier alpha value is -2.35. The van der Waals surface area contributed by atoms with E-state index in [4.69, 9.17) is 0 Å². The van der Waals surface area contributed by atoms with E-state index in [1.54, 1.807) is 0 Å². The molecule has 1 aromatic rings. The first-order chi connectivity index (χ1) is 13.8. The molecule has 1 aromatic carbocycles. The first-order valence-corrected chi connectivity index (χ1v) is 10.8. The fourth-order valence-electron chi connectivity index (χ4n) is 5.86. The van der Waals surface area contributed by atoms with Crippen molar-refractivity contribution in [1.82, 2.24) is 0 Å². The molecule has 0 saturated heterocycles. The van der Waals surface area contributed by atoms with Crippen LogP contribution in [0.4, 0.5) is 0 Å². The first kappa shape index (κ1) is 21.4. The van der Waals surface area contributed by atoms with Crippen molar-refractivity contribution in [2.75, 3.05) is 0 Å². The molecule has 3 rings (SSSR count). The lowest BCUT2D eigenvalue weighted by Gasteiger charge is -2.53. The molecule has 0 amide bonds. The maximum absolute atomic E-state index is 12.8. The van der Waals surface area contributed by atoms with Crippen molar-refractivity contribution in [2.24, 2.45) is 28.6 Å². The molecule has 2 nitrogen and oxygen atoms in total. The minimum absolute atomic E-state index is 0.0488. The van der Waals surface area contributed by atoms with Gasteiger partial charge in [0.15, 0.2) is 0 Å². The molecular formula is C27H34O2. The van der Waals surface area contributed by atoms with Gasteiger partial charge in [0, 0.05) is 11.3 Å². The highest BCUT2D eigenvalue weighted by Crippen LogP contribution is 2.63. The highest BCUT2D eigenvalue weighted by Gasteiger charge is 2.61. The normalized spacial score (nSPS) is 34.3. The standard InChI is InChI=1S/C27H34O2/c1-6-22-17-19(3)23-20(4)18-27(7-2,26(5,24(22)23)25(28)29)16-12-11-15-21-13-9-8-10-14-21/h8-19,23-24H,6-7H2,1-5H3,(H,28,29)/b15-11+,16-12+/t19-,23-,24+,26+,27+/m1/s1. The van der Waals surface area contributed by atoms with Gasteiger partial charge in [-0.05, 0) is 44.1 Å². The van der Waals surface area contributed by atoms with Crippen molar-refractivity contribution in [3.05, 3.63) is 77.4 Å². The molecule has 0 fully saturated rings. The van der Waals surface area contributed by atoms with Gasteiger partial charge in [-0.15, -0.1) is 0 Å². The molecule has 2 aliphatic rings. The highest BCUT2D eigenvalue weighted by molar-refractivity contribution is 5.79. The quantitative estimate of drug-likeness (QED) is 0.423. The summed E-state index contributed by atoms with van der Waals surface area (Å²) >= 11 is 0. The lowest BCUT2D eigenvalue weighted by Crippen LogP contribution is -2.54. The summed E-state index contributed by atoms with van der Waals surface area (Å²) < 4.78 is 0. The van der Waals surface area contributed by atoms with Gasteiger partial charge in [-0.3, -0.25) is 4.79 Å². The van der Waals surface area contributed by atoms with Gasteiger partial charge < -0.3 is 5.11 Å². The summed E-state index contributed by atoms with van der Waals surface area (Å²) in [7, 11) is 0. The van der Waals surface area contributed by atoms with E-state index in [-0.39, 0.29) is 5.92 Å². The summed E-state index contributed by atoms with van der Waals surface area (Å²) in [4.78, 5) is 12.8. The highest BCUT2D eigenvalue weighted by atomic mass is 16.4. The zero-order valence-corrected chi connectivity index (χ0v) is 18.4. The van der Waals surface area contributed by atoms with Crippen molar-refractivity contribution in [3.8, 4) is 0 Å². The molecule has 0 heterocycles. The number of rotatable bonds is 6. The van der Waals surface area contributed by atoms with Gasteiger partial charge >= 0.3 is 5.97 Å². The fraction of sp³-hybridized carbons (Fsp3) is 0.444. The second kappa shape index (κ2) is 8.18. The average molecular weight is 391 g/mol. The van der Waals surface area contributed by atoms with Crippen LogP contribution in [-0.2, 0) is 4.79 Å². The van der Waals surface area contributed by atoms with E-state index < -0.39 is 16.8 Å². The predicted octanol–water partition coefficient (Wildman–Crippen LogP) is 6.92. The second-order valence-corrected chi connectivity index (χ2v) is 8.88. The van der Waals surface area contributed by atoms with E-state index in [0.717, 1.165) is 18.4 Å². The van der Waals surface area contributed by atoms with Crippen molar-refractivity contribution < 1.29 is 9.90 Å². The maximum atomic E-state index is 12.8. The lowest BCUT2D eigenvalue weighted by molar-refractivity contribution is -0.159. The van der Waals surface area contributed by atoms with Crippen LogP contribution in [0.15, 0.2) is 71.9 Å². The van der Waals surface area contributed by atoms with E-state index in [9.17, 15) is 9.90 Å². The third-order valence-electron chi connectivity index (χ3n) is 7.43. The summed E-state index contributed by atoms with van der Waals surface area (Å²) in [6, 6.07) is 10.2. The summed E-state index contributed by atoms with van der Waals surface area (Å²) in [5, 5.41) is 10.5.